The van der Waals surface area contributed by atoms with Gasteiger partial charge >= 0.3 is 0 Å². The van der Waals surface area contributed by atoms with Crippen molar-refractivity contribution in [3.05, 3.63) is 34.3 Å². The molecule has 2 fully saturated rings. The molecule has 4 rings (SSSR count). The van der Waals surface area contributed by atoms with Gasteiger partial charge in [0.05, 0.1) is 33.3 Å². The average Bonchev–Trinajstić information content (AvgIpc) is 3.17. The van der Waals surface area contributed by atoms with Gasteiger partial charge < -0.3 is 5.32 Å². The number of carbonyl (C=O) groups is 3. The highest BCUT2D eigenvalue weighted by Gasteiger charge is 2.59. The van der Waals surface area contributed by atoms with Crippen LogP contribution in [0.5, 0.6) is 0 Å². The van der Waals surface area contributed by atoms with Crippen molar-refractivity contribution in [3.63, 3.8) is 0 Å². The lowest BCUT2D eigenvalue weighted by molar-refractivity contribution is -0.123. The molecule has 1 N–H and O–H groups in total. The van der Waals surface area contributed by atoms with Crippen LogP contribution in [0.2, 0.25) is 10.0 Å². The number of carbonyl (C=O) groups excluding carboxylic acids is 3. The van der Waals surface area contributed by atoms with Gasteiger partial charge in [-0.25, -0.2) is 4.90 Å². The molecule has 3 aliphatic rings. The van der Waals surface area contributed by atoms with Gasteiger partial charge in [0, 0.05) is 6.92 Å². The predicted molar refractivity (Wildman–Crippen MR) is 91.0 cm³/mol. The number of fused-ring (bicyclic) bond motifs is 5. The molecule has 1 aromatic carbocycles. The Morgan fingerprint density at radius 1 is 1.08 bits per heavy atom. The standard InChI is InChI=1S/C17H14Cl2N2O3/c1-7(22)20-15-11(18)5-10(6-12(15)19)21-16(23)13-8-2-3-9(4-8)14(13)17(21)24/h2-3,5-6,8-9,13-14H,4H2,1H3,(H,20,22)/t8-,9+,13-,14+. The number of amides is 3. The first-order chi connectivity index (χ1) is 11.4. The SMILES string of the molecule is CC(=O)Nc1c(Cl)cc(N2C(=O)[C@@H]3[C@H](C2=O)[C@@H]2C=C[C@H]3C2)cc1Cl. The van der Waals surface area contributed by atoms with Gasteiger partial charge in [0.1, 0.15) is 0 Å². The largest absolute Gasteiger partial charge is 0.324 e. The maximum absolute atomic E-state index is 12.8. The molecular formula is C17H14Cl2N2O3. The number of allylic oxidation sites excluding steroid dienone is 2. The zero-order chi connectivity index (χ0) is 17.2. The fourth-order valence-corrected chi connectivity index (χ4v) is 4.71. The average molecular weight is 365 g/mol. The molecule has 1 saturated carbocycles. The number of benzene rings is 1. The third kappa shape index (κ3) is 2.11. The van der Waals surface area contributed by atoms with Gasteiger partial charge in [0.25, 0.3) is 0 Å². The molecule has 2 aliphatic carbocycles. The summed E-state index contributed by atoms with van der Waals surface area (Å²) in [7, 11) is 0. The topological polar surface area (TPSA) is 66.5 Å². The molecule has 5 nitrogen and oxygen atoms in total. The fourth-order valence-electron chi connectivity index (χ4n) is 4.14. The van der Waals surface area contributed by atoms with E-state index in [-0.39, 0.29) is 57.1 Å². The Bertz CT molecular complexity index is 767. The van der Waals surface area contributed by atoms with E-state index >= 15 is 0 Å². The van der Waals surface area contributed by atoms with E-state index in [1.165, 1.54) is 24.0 Å². The summed E-state index contributed by atoms with van der Waals surface area (Å²) in [5.74, 6) is -0.961. The molecule has 124 valence electrons. The molecule has 3 amide bonds. The van der Waals surface area contributed by atoms with Crippen LogP contribution in [0.15, 0.2) is 24.3 Å². The van der Waals surface area contributed by atoms with Gasteiger partial charge in [-0.1, -0.05) is 35.4 Å². The fraction of sp³-hybridized carbons (Fsp3) is 0.353. The van der Waals surface area contributed by atoms with E-state index in [2.05, 4.69) is 5.32 Å². The minimum atomic E-state index is -0.308. The third-order valence-corrected chi connectivity index (χ3v) is 5.65. The number of nitrogens with one attached hydrogen (secondary N) is 1. The van der Waals surface area contributed by atoms with Crippen molar-refractivity contribution in [1.82, 2.24) is 0 Å². The quantitative estimate of drug-likeness (QED) is 0.646. The lowest BCUT2D eigenvalue weighted by Crippen LogP contribution is -2.32. The lowest BCUT2D eigenvalue weighted by Gasteiger charge is -2.19. The van der Waals surface area contributed by atoms with Crippen molar-refractivity contribution >= 4 is 52.3 Å². The zero-order valence-electron chi connectivity index (χ0n) is 12.8. The molecule has 2 bridgehead atoms. The summed E-state index contributed by atoms with van der Waals surface area (Å²) in [5, 5.41) is 2.92. The first kappa shape index (κ1) is 15.7. The summed E-state index contributed by atoms with van der Waals surface area (Å²) in [5.41, 5.74) is 0.624. The van der Waals surface area contributed by atoms with Crippen molar-refractivity contribution in [1.29, 1.82) is 0 Å². The Kier molecular flexibility index (Phi) is 3.48. The molecule has 4 atom stereocenters. The molecule has 1 saturated heterocycles. The summed E-state index contributed by atoms with van der Waals surface area (Å²) >= 11 is 12.4. The van der Waals surface area contributed by atoms with E-state index < -0.39 is 0 Å². The maximum Gasteiger partial charge on any atom is 0.238 e. The first-order valence-electron chi connectivity index (χ1n) is 7.71. The number of anilines is 2. The van der Waals surface area contributed by atoms with Gasteiger partial charge in [0.2, 0.25) is 17.7 Å². The van der Waals surface area contributed by atoms with E-state index in [1.54, 1.807) is 0 Å². The predicted octanol–water partition coefficient (Wildman–Crippen LogP) is 3.26. The second-order valence-corrected chi connectivity index (χ2v) is 7.29. The van der Waals surface area contributed by atoms with Gasteiger partial charge in [0.15, 0.2) is 0 Å². The smallest absolute Gasteiger partial charge is 0.238 e. The van der Waals surface area contributed by atoms with Crippen LogP contribution in [-0.4, -0.2) is 17.7 Å². The number of hydrogen-bond acceptors (Lipinski definition) is 3. The van der Waals surface area contributed by atoms with Crippen molar-refractivity contribution in [2.75, 3.05) is 10.2 Å². The number of rotatable bonds is 2. The van der Waals surface area contributed by atoms with Crippen LogP contribution < -0.4 is 10.2 Å². The summed E-state index contributed by atoms with van der Waals surface area (Å²) in [6, 6.07) is 2.98. The van der Waals surface area contributed by atoms with E-state index in [4.69, 9.17) is 23.2 Å². The van der Waals surface area contributed by atoms with Crippen LogP contribution in [0.1, 0.15) is 13.3 Å². The highest BCUT2D eigenvalue weighted by Crippen LogP contribution is 2.53. The number of hydrogen-bond donors (Lipinski definition) is 1. The van der Waals surface area contributed by atoms with Crippen LogP contribution >= 0.6 is 23.2 Å². The lowest BCUT2D eigenvalue weighted by atomic mass is 9.85. The third-order valence-electron chi connectivity index (χ3n) is 5.06. The molecule has 1 aromatic rings. The van der Waals surface area contributed by atoms with Gasteiger partial charge in [-0.15, -0.1) is 0 Å². The van der Waals surface area contributed by atoms with Crippen molar-refractivity contribution in [2.45, 2.75) is 13.3 Å². The number of halogens is 2. The minimum Gasteiger partial charge on any atom is -0.324 e. The molecule has 0 radical (unpaired) electrons. The van der Waals surface area contributed by atoms with Crippen molar-refractivity contribution in [3.8, 4) is 0 Å². The minimum absolute atomic E-state index is 0.144. The van der Waals surface area contributed by atoms with Crippen LogP contribution in [0.3, 0.4) is 0 Å². The van der Waals surface area contributed by atoms with Crippen LogP contribution in [0.4, 0.5) is 11.4 Å². The number of imide groups is 1. The first-order valence-corrected chi connectivity index (χ1v) is 8.47. The molecule has 7 heteroatoms. The summed E-state index contributed by atoms with van der Waals surface area (Å²) < 4.78 is 0. The van der Waals surface area contributed by atoms with E-state index in [0.29, 0.717) is 5.69 Å². The van der Waals surface area contributed by atoms with Gasteiger partial charge in [-0.2, -0.15) is 0 Å². The highest BCUT2D eigenvalue weighted by molar-refractivity contribution is 6.40. The Morgan fingerprint density at radius 2 is 1.58 bits per heavy atom. The van der Waals surface area contributed by atoms with Gasteiger partial charge in [-0.3, -0.25) is 14.4 Å². The van der Waals surface area contributed by atoms with Gasteiger partial charge in [-0.05, 0) is 30.4 Å². The van der Waals surface area contributed by atoms with Crippen LogP contribution in [0, 0.1) is 23.7 Å². The highest BCUT2D eigenvalue weighted by atomic mass is 35.5. The monoisotopic (exact) mass is 364 g/mol. The van der Waals surface area contributed by atoms with E-state index in [1.807, 2.05) is 12.2 Å². The summed E-state index contributed by atoms with van der Waals surface area (Å²) in [4.78, 5) is 38.0. The summed E-state index contributed by atoms with van der Waals surface area (Å²) in [6.45, 7) is 1.35. The van der Waals surface area contributed by atoms with Crippen LogP contribution in [-0.2, 0) is 14.4 Å². The Labute approximate surface area is 148 Å². The van der Waals surface area contributed by atoms with Crippen molar-refractivity contribution < 1.29 is 14.4 Å². The normalized spacial score (nSPS) is 30.2. The molecule has 24 heavy (non-hydrogen) atoms. The number of nitrogens with zero attached hydrogens (tertiary/aromatic N) is 1. The molecule has 0 aromatic heterocycles. The molecule has 1 aliphatic heterocycles. The molecule has 0 unspecified atom stereocenters. The molecular weight excluding hydrogens is 351 g/mol. The van der Waals surface area contributed by atoms with Crippen LogP contribution in [0.25, 0.3) is 0 Å². The Morgan fingerprint density at radius 3 is 2.04 bits per heavy atom. The summed E-state index contributed by atoms with van der Waals surface area (Å²) in [6.07, 6.45) is 4.96. The second-order valence-electron chi connectivity index (χ2n) is 6.48. The van der Waals surface area contributed by atoms with E-state index in [0.717, 1.165) is 6.42 Å². The Hall–Kier alpha value is -1.85. The van der Waals surface area contributed by atoms with Crippen molar-refractivity contribution in [2.24, 2.45) is 23.7 Å². The van der Waals surface area contributed by atoms with E-state index in [9.17, 15) is 14.4 Å². The molecule has 1 heterocycles. The Balaban J connectivity index is 1.71. The second kappa shape index (κ2) is 5.33. The molecule has 0 spiro atoms. The maximum atomic E-state index is 12.8. The zero-order valence-corrected chi connectivity index (χ0v) is 14.3.